The van der Waals surface area contributed by atoms with Crippen LogP contribution in [0.15, 0.2) is 0 Å². The van der Waals surface area contributed by atoms with Crippen LogP contribution in [0, 0.1) is 11.8 Å². The molecule has 0 spiro atoms. The first-order valence-electron chi connectivity index (χ1n) is 8.94. The fourth-order valence-corrected chi connectivity index (χ4v) is 2.57. The average Bonchev–Trinajstić information content (AvgIpc) is 2.55. The van der Waals surface area contributed by atoms with Crippen molar-refractivity contribution in [3.8, 4) is 0 Å². The molecule has 0 aliphatic rings. The normalized spacial score (nSPS) is 14.4. The number of nitrogens with two attached hydrogens (primary N) is 1. The summed E-state index contributed by atoms with van der Waals surface area (Å²) in [6.45, 7) is 7.29. The van der Waals surface area contributed by atoms with E-state index in [2.05, 4.69) is 28.6 Å². The van der Waals surface area contributed by atoms with Crippen molar-refractivity contribution in [2.24, 2.45) is 17.6 Å². The van der Waals surface area contributed by atoms with Crippen molar-refractivity contribution >= 4 is 36.3 Å². The first kappa shape index (κ1) is 25.2. The molecule has 9 nitrogen and oxygen atoms in total. The van der Waals surface area contributed by atoms with E-state index in [0.29, 0.717) is 12.8 Å². The van der Waals surface area contributed by atoms with Gasteiger partial charge in [0.05, 0.1) is 12.6 Å². The Kier molecular flexibility index (Phi) is 11.7. The van der Waals surface area contributed by atoms with Crippen molar-refractivity contribution in [1.29, 1.82) is 0 Å². The minimum absolute atomic E-state index is 0.0762. The zero-order chi connectivity index (χ0) is 21.1. The maximum absolute atomic E-state index is 12.3. The molecule has 0 saturated carbocycles. The highest BCUT2D eigenvalue weighted by Gasteiger charge is 2.26. The van der Waals surface area contributed by atoms with Crippen molar-refractivity contribution in [3.63, 3.8) is 0 Å². The molecule has 0 fully saturated rings. The summed E-state index contributed by atoms with van der Waals surface area (Å²) in [7, 11) is 0. The standard InChI is InChI=1S/C17H32N4O5S/c1-9(2)5-11(18)15(23)19-7-14(22)20-12(6-10(3)4)16(24)21-13(8-27)17(25)26/h9-13,27H,5-8,18H2,1-4H3,(H,19,23)(H,20,22)(H,21,24)(H,25,26). The van der Waals surface area contributed by atoms with Gasteiger partial charge < -0.3 is 26.8 Å². The number of thiol groups is 1. The highest BCUT2D eigenvalue weighted by Crippen LogP contribution is 2.06. The molecule has 0 heterocycles. The average molecular weight is 405 g/mol. The zero-order valence-electron chi connectivity index (χ0n) is 16.3. The molecular formula is C17H32N4O5S. The largest absolute Gasteiger partial charge is 0.480 e. The number of hydrogen-bond donors (Lipinski definition) is 6. The minimum Gasteiger partial charge on any atom is -0.480 e. The van der Waals surface area contributed by atoms with Gasteiger partial charge >= 0.3 is 5.97 Å². The van der Waals surface area contributed by atoms with Gasteiger partial charge in [-0.1, -0.05) is 27.7 Å². The van der Waals surface area contributed by atoms with Gasteiger partial charge in [-0.3, -0.25) is 14.4 Å². The molecule has 0 radical (unpaired) electrons. The van der Waals surface area contributed by atoms with Gasteiger partial charge in [-0.2, -0.15) is 12.6 Å². The Morgan fingerprint density at radius 3 is 1.93 bits per heavy atom. The number of aliphatic carboxylic acids is 1. The summed E-state index contributed by atoms with van der Waals surface area (Å²) in [6, 6.07) is -2.78. The fraction of sp³-hybridized carbons (Fsp3) is 0.765. The van der Waals surface area contributed by atoms with Crippen LogP contribution in [0.2, 0.25) is 0 Å². The fourth-order valence-electron chi connectivity index (χ4n) is 2.32. The van der Waals surface area contributed by atoms with Crippen molar-refractivity contribution in [1.82, 2.24) is 16.0 Å². The van der Waals surface area contributed by atoms with Gasteiger partial charge in [0.2, 0.25) is 17.7 Å². The van der Waals surface area contributed by atoms with E-state index in [9.17, 15) is 19.2 Å². The van der Waals surface area contributed by atoms with E-state index in [0.717, 1.165) is 0 Å². The second-order valence-electron chi connectivity index (χ2n) is 7.29. The molecule has 0 aliphatic carbocycles. The molecule has 3 atom stereocenters. The Labute approximate surface area is 165 Å². The van der Waals surface area contributed by atoms with E-state index in [1.165, 1.54) is 0 Å². The van der Waals surface area contributed by atoms with Crippen molar-refractivity contribution in [2.75, 3.05) is 12.3 Å². The Morgan fingerprint density at radius 2 is 1.48 bits per heavy atom. The quantitative estimate of drug-likeness (QED) is 0.242. The molecule has 0 bridgehead atoms. The van der Waals surface area contributed by atoms with Crippen molar-refractivity contribution < 1.29 is 24.3 Å². The summed E-state index contributed by atoms with van der Waals surface area (Å²) in [5.74, 6) is -2.57. The maximum atomic E-state index is 12.3. The summed E-state index contributed by atoms with van der Waals surface area (Å²) in [5.41, 5.74) is 5.75. The monoisotopic (exact) mass is 404 g/mol. The van der Waals surface area contributed by atoms with Crippen LogP contribution in [0.1, 0.15) is 40.5 Å². The predicted molar refractivity (Wildman–Crippen MR) is 105 cm³/mol. The zero-order valence-corrected chi connectivity index (χ0v) is 17.2. The molecule has 0 aromatic carbocycles. The summed E-state index contributed by atoms with van der Waals surface area (Å²) in [4.78, 5) is 47.3. The van der Waals surface area contributed by atoms with Gasteiger partial charge in [-0.25, -0.2) is 4.79 Å². The van der Waals surface area contributed by atoms with E-state index in [4.69, 9.17) is 10.8 Å². The van der Waals surface area contributed by atoms with Crippen LogP contribution in [0.4, 0.5) is 0 Å². The summed E-state index contributed by atoms with van der Waals surface area (Å²) in [5, 5.41) is 16.3. The smallest absolute Gasteiger partial charge is 0.327 e. The number of carbonyl (C=O) groups excluding carboxylic acids is 3. The van der Waals surface area contributed by atoms with Gasteiger partial charge in [0.15, 0.2) is 0 Å². The summed E-state index contributed by atoms with van der Waals surface area (Å²) in [6.07, 6.45) is 0.809. The van der Waals surface area contributed by atoms with Crippen LogP contribution in [-0.4, -0.2) is 59.2 Å². The van der Waals surface area contributed by atoms with Crippen LogP contribution in [0.5, 0.6) is 0 Å². The third-order valence-corrected chi connectivity index (χ3v) is 4.01. The van der Waals surface area contributed by atoms with Crippen molar-refractivity contribution in [2.45, 2.75) is 58.7 Å². The molecule has 3 unspecified atom stereocenters. The van der Waals surface area contributed by atoms with E-state index in [1.54, 1.807) is 0 Å². The van der Waals surface area contributed by atoms with Crippen molar-refractivity contribution in [3.05, 3.63) is 0 Å². The van der Waals surface area contributed by atoms with Crippen LogP contribution in [0.25, 0.3) is 0 Å². The Hall–Kier alpha value is -1.81. The lowest BCUT2D eigenvalue weighted by Gasteiger charge is -2.22. The van der Waals surface area contributed by atoms with Crippen LogP contribution < -0.4 is 21.7 Å². The molecule has 0 saturated heterocycles. The molecule has 0 rings (SSSR count). The van der Waals surface area contributed by atoms with Gasteiger partial charge in [0.25, 0.3) is 0 Å². The van der Waals surface area contributed by atoms with Gasteiger partial charge in [0, 0.05) is 5.75 Å². The number of carboxylic acid groups (broad SMARTS) is 1. The molecule has 10 heteroatoms. The number of amides is 3. The van der Waals surface area contributed by atoms with Gasteiger partial charge in [-0.15, -0.1) is 0 Å². The summed E-state index contributed by atoms with van der Waals surface area (Å²) >= 11 is 3.89. The molecule has 0 aromatic rings. The molecule has 3 amide bonds. The second kappa shape index (κ2) is 12.6. The third-order valence-electron chi connectivity index (χ3n) is 3.64. The lowest BCUT2D eigenvalue weighted by Crippen LogP contribution is -2.54. The molecule has 27 heavy (non-hydrogen) atoms. The van der Waals surface area contributed by atoms with Crippen LogP contribution >= 0.6 is 12.6 Å². The van der Waals surface area contributed by atoms with Crippen LogP contribution in [0.3, 0.4) is 0 Å². The number of carbonyl (C=O) groups is 4. The van der Waals surface area contributed by atoms with Crippen LogP contribution in [-0.2, 0) is 19.2 Å². The lowest BCUT2D eigenvalue weighted by molar-refractivity contribution is -0.141. The summed E-state index contributed by atoms with van der Waals surface area (Å²) < 4.78 is 0. The molecule has 156 valence electrons. The number of nitrogens with one attached hydrogen (secondary N) is 3. The highest BCUT2D eigenvalue weighted by molar-refractivity contribution is 7.80. The van der Waals surface area contributed by atoms with E-state index < -0.39 is 41.8 Å². The molecule has 0 aliphatic heterocycles. The van der Waals surface area contributed by atoms with Gasteiger partial charge in [0.1, 0.15) is 12.1 Å². The Balaban J connectivity index is 4.75. The number of hydrogen-bond acceptors (Lipinski definition) is 6. The predicted octanol–water partition coefficient (Wildman–Crippen LogP) is -0.494. The van der Waals surface area contributed by atoms with E-state index in [1.807, 2.05) is 27.7 Å². The first-order valence-corrected chi connectivity index (χ1v) is 9.57. The topological polar surface area (TPSA) is 151 Å². The molecular weight excluding hydrogens is 372 g/mol. The second-order valence-corrected chi connectivity index (χ2v) is 7.65. The third kappa shape index (κ3) is 10.8. The van der Waals surface area contributed by atoms with E-state index in [-0.39, 0.29) is 24.1 Å². The van der Waals surface area contributed by atoms with E-state index >= 15 is 0 Å². The number of rotatable bonds is 12. The highest BCUT2D eigenvalue weighted by atomic mass is 32.1. The molecule has 6 N–H and O–H groups in total. The molecule has 0 aromatic heterocycles. The first-order chi connectivity index (χ1) is 12.5. The number of carboxylic acids is 1. The Bertz CT molecular complexity index is 527. The van der Waals surface area contributed by atoms with Gasteiger partial charge in [-0.05, 0) is 24.7 Å². The Morgan fingerprint density at radius 1 is 0.926 bits per heavy atom. The SMILES string of the molecule is CC(C)CC(N)C(=O)NCC(=O)NC(CC(C)C)C(=O)NC(CS)C(=O)O. The lowest BCUT2D eigenvalue weighted by atomic mass is 10.0. The maximum Gasteiger partial charge on any atom is 0.327 e. The minimum atomic E-state index is -1.21.